The Labute approximate surface area is 143 Å². The number of thioether (sulfide) groups is 1. The molecule has 1 nitrogen and oxygen atoms in total. The third-order valence-corrected chi connectivity index (χ3v) is 5.15. The molecule has 0 fully saturated rings. The van der Waals surface area contributed by atoms with Crippen LogP contribution in [0.3, 0.4) is 0 Å². The van der Waals surface area contributed by atoms with Gasteiger partial charge in [-0.25, -0.2) is 0 Å². The average Bonchev–Trinajstić information content (AvgIpc) is 2.59. The molecule has 1 N–H and O–H groups in total. The van der Waals surface area contributed by atoms with Crippen LogP contribution in [-0.2, 0) is 0 Å². The molecule has 0 saturated carbocycles. The van der Waals surface area contributed by atoms with Crippen molar-refractivity contribution in [3.05, 3.63) is 77.9 Å². The molecule has 1 unspecified atom stereocenters. The number of hydrogen-bond acceptors (Lipinski definition) is 2. The molecule has 0 radical (unpaired) electrons. The Balaban J connectivity index is 1.56. The van der Waals surface area contributed by atoms with Gasteiger partial charge in [0.2, 0.25) is 0 Å². The monoisotopic (exact) mass is 321 g/mol. The molecular formula is C21H23NS. The van der Waals surface area contributed by atoms with Crippen LogP contribution < -0.4 is 5.32 Å². The second-order valence-corrected chi connectivity index (χ2v) is 7.07. The van der Waals surface area contributed by atoms with Gasteiger partial charge in [-0.2, -0.15) is 0 Å². The maximum absolute atomic E-state index is 3.65. The van der Waals surface area contributed by atoms with Crippen molar-refractivity contribution >= 4 is 22.5 Å². The van der Waals surface area contributed by atoms with Gasteiger partial charge in [0.1, 0.15) is 0 Å². The fourth-order valence-corrected chi connectivity index (χ4v) is 3.60. The van der Waals surface area contributed by atoms with Crippen LogP contribution in [0.15, 0.2) is 71.6 Å². The number of hydrogen-bond donors (Lipinski definition) is 1. The standard InChI is InChI=1S/C21H23NS/c1-16-10-12-19(13-11-16)23-15-14-22-17(2)20-9-5-7-18-6-3-4-8-21(18)20/h3-13,17,22H,14-15H2,1-2H3. The first-order valence-corrected chi connectivity index (χ1v) is 9.13. The van der Waals surface area contributed by atoms with E-state index in [0.717, 1.165) is 12.3 Å². The lowest BCUT2D eigenvalue weighted by Crippen LogP contribution is -2.21. The molecule has 2 heteroatoms. The summed E-state index contributed by atoms with van der Waals surface area (Å²) in [6, 6.07) is 24.3. The van der Waals surface area contributed by atoms with Gasteiger partial charge in [-0.1, -0.05) is 60.2 Å². The van der Waals surface area contributed by atoms with Gasteiger partial charge >= 0.3 is 0 Å². The Morgan fingerprint density at radius 2 is 1.65 bits per heavy atom. The van der Waals surface area contributed by atoms with Crippen LogP contribution in [0.25, 0.3) is 10.8 Å². The van der Waals surface area contributed by atoms with Crippen molar-refractivity contribution in [2.24, 2.45) is 0 Å². The predicted molar refractivity (Wildman–Crippen MR) is 102 cm³/mol. The van der Waals surface area contributed by atoms with Gasteiger partial charge in [0.25, 0.3) is 0 Å². The number of rotatable bonds is 6. The highest BCUT2D eigenvalue weighted by molar-refractivity contribution is 7.99. The van der Waals surface area contributed by atoms with Crippen molar-refractivity contribution in [2.75, 3.05) is 12.3 Å². The molecule has 3 aromatic rings. The molecule has 0 heterocycles. The Kier molecular flexibility index (Phi) is 5.37. The molecule has 0 spiro atoms. The van der Waals surface area contributed by atoms with E-state index >= 15 is 0 Å². The first kappa shape index (κ1) is 16.1. The maximum Gasteiger partial charge on any atom is 0.0298 e. The van der Waals surface area contributed by atoms with E-state index in [1.165, 1.54) is 26.8 Å². The Morgan fingerprint density at radius 3 is 2.48 bits per heavy atom. The fraction of sp³-hybridized carbons (Fsp3) is 0.238. The van der Waals surface area contributed by atoms with Crippen LogP contribution in [0.5, 0.6) is 0 Å². The Hall–Kier alpha value is -1.77. The van der Waals surface area contributed by atoms with Gasteiger partial charge < -0.3 is 5.32 Å². The van der Waals surface area contributed by atoms with Crippen molar-refractivity contribution in [3.8, 4) is 0 Å². The third kappa shape index (κ3) is 4.15. The lowest BCUT2D eigenvalue weighted by atomic mass is 10.00. The minimum Gasteiger partial charge on any atom is -0.309 e. The molecule has 0 saturated heterocycles. The number of benzene rings is 3. The van der Waals surface area contributed by atoms with Crippen LogP contribution in [-0.4, -0.2) is 12.3 Å². The molecule has 0 aromatic heterocycles. The van der Waals surface area contributed by atoms with Gasteiger partial charge in [-0.15, -0.1) is 11.8 Å². The summed E-state index contributed by atoms with van der Waals surface area (Å²) in [7, 11) is 0. The lowest BCUT2D eigenvalue weighted by molar-refractivity contribution is 0.605. The minimum absolute atomic E-state index is 0.361. The molecule has 0 aliphatic rings. The molecule has 3 rings (SSSR count). The summed E-state index contributed by atoms with van der Waals surface area (Å²) < 4.78 is 0. The Morgan fingerprint density at radius 1 is 0.913 bits per heavy atom. The highest BCUT2D eigenvalue weighted by Crippen LogP contribution is 2.24. The summed E-state index contributed by atoms with van der Waals surface area (Å²) in [5.74, 6) is 1.08. The summed E-state index contributed by atoms with van der Waals surface area (Å²) >= 11 is 1.91. The van der Waals surface area contributed by atoms with Gasteiger partial charge in [0.05, 0.1) is 0 Å². The molecule has 1 atom stereocenters. The minimum atomic E-state index is 0.361. The molecule has 0 aliphatic heterocycles. The van der Waals surface area contributed by atoms with Crippen molar-refractivity contribution in [2.45, 2.75) is 24.8 Å². The normalized spacial score (nSPS) is 12.4. The van der Waals surface area contributed by atoms with E-state index < -0.39 is 0 Å². The topological polar surface area (TPSA) is 12.0 Å². The zero-order chi connectivity index (χ0) is 16.1. The van der Waals surface area contributed by atoms with E-state index in [1.807, 2.05) is 11.8 Å². The van der Waals surface area contributed by atoms with Gasteiger partial charge in [0.15, 0.2) is 0 Å². The fourth-order valence-electron chi connectivity index (χ4n) is 2.82. The smallest absolute Gasteiger partial charge is 0.0298 e. The van der Waals surface area contributed by atoms with Crippen LogP contribution in [0.4, 0.5) is 0 Å². The maximum atomic E-state index is 3.65. The predicted octanol–water partition coefficient (Wildman–Crippen LogP) is 5.59. The van der Waals surface area contributed by atoms with E-state index in [-0.39, 0.29) is 0 Å². The largest absolute Gasteiger partial charge is 0.309 e. The van der Waals surface area contributed by atoms with Crippen LogP contribution >= 0.6 is 11.8 Å². The zero-order valence-electron chi connectivity index (χ0n) is 13.8. The zero-order valence-corrected chi connectivity index (χ0v) is 14.6. The molecule has 3 aromatic carbocycles. The van der Waals surface area contributed by atoms with Crippen molar-refractivity contribution in [1.29, 1.82) is 0 Å². The van der Waals surface area contributed by atoms with E-state index in [0.29, 0.717) is 6.04 Å². The lowest BCUT2D eigenvalue weighted by Gasteiger charge is -2.16. The summed E-state index contributed by atoms with van der Waals surface area (Å²) in [4.78, 5) is 1.34. The summed E-state index contributed by atoms with van der Waals surface area (Å²) in [5.41, 5.74) is 2.69. The molecule has 0 amide bonds. The van der Waals surface area contributed by atoms with Crippen molar-refractivity contribution < 1.29 is 0 Å². The first-order chi connectivity index (χ1) is 11.2. The van der Waals surface area contributed by atoms with Gasteiger partial charge in [-0.3, -0.25) is 0 Å². The molecule has 0 aliphatic carbocycles. The first-order valence-electron chi connectivity index (χ1n) is 8.14. The highest BCUT2D eigenvalue weighted by atomic mass is 32.2. The second kappa shape index (κ2) is 7.67. The second-order valence-electron chi connectivity index (χ2n) is 5.91. The van der Waals surface area contributed by atoms with E-state index in [1.54, 1.807) is 0 Å². The molecular weight excluding hydrogens is 298 g/mol. The van der Waals surface area contributed by atoms with E-state index in [4.69, 9.17) is 0 Å². The van der Waals surface area contributed by atoms with Crippen LogP contribution in [0, 0.1) is 6.92 Å². The summed E-state index contributed by atoms with van der Waals surface area (Å²) in [6.45, 7) is 5.38. The van der Waals surface area contributed by atoms with Gasteiger partial charge in [0, 0.05) is 23.2 Å². The number of nitrogens with one attached hydrogen (secondary N) is 1. The number of aryl methyl sites for hydroxylation is 1. The highest BCUT2D eigenvalue weighted by Gasteiger charge is 2.08. The summed E-state index contributed by atoms with van der Waals surface area (Å²) in [5, 5.41) is 6.31. The van der Waals surface area contributed by atoms with Crippen molar-refractivity contribution in [1.82, 2.24) is 5.32 Å². The van der Waals surface area contributed by atoms with Crippen LogP contribution in [0.2, 0.25) is 0 Å². The average molecular weight is 321 g/mol. The Bertz CT molecular complexity index is 759. The number of fused-ring (bicyclic) bond motifs is 1. The SMILES string of the molecule is Cc1ccc(SCCNC(C)c2cccc3ccccc23)cc1. The van der Waals surface area contributed by atoms with Crippen LogP contribution in [0.1, 0.15) is 24.1 Å². The van der Waals surface area contributed by atoms with E-state index in [2.05, 4.69) is 85.9 Å². The van der Waals surface area contributed by atoms with Gasteiger partial charge in [-0.05, 0) is 42.3 Å². The van der Waals surface area contributed by atoms with E-state index in [9.17, 15) is 0 Å². The third-order valence-electron chi connectivity index (χ3n) is 4.13. The molecule has 118 valence electrons. The quantitative estimate of drug-likeness (QED) is 0.469. The van der Waals surface area contributed by atoms with Crippen molar-refractivity contribution in [3.63, 3.8) is 0 Å². The summed E-state index contributed by atoms with van der Waals surface area (Å²) in [6.07, 6.45) is 0. The molecule has 23 heavy (non-hydrogen) atoms. The molecule has 0 bridgehead atoms.